The molecule has 0 radical (unpaired) electrons. The molecule has 3 aliphatic rings. The number of benzene rings is 9. The molecule has 0 aromatic heterocycles. The number of aromatic hydroxyl groups is 24. The van der Waals surface area contributed by atoms with Crippen LogP contribution < -0.4 is 14.2 Å². The first-order valence-electron chi connectivity index (χ1n) is 29.5. The third-order valence-electron chi connectivity index (χ3n) is 17.2. The fourth-order valence-corrected chi connectivity index (χ4v) is 12.2. The largest absolute Gasteiger partial charge is 0.507 e. The van der Waals surface area contributed by atoms with E-state index in [1.807, 2.05) is 0 Å². The van der Waals surface area contributed by atoms with Crippen LogP contribution in [-0.4, -0.2) is 159 Å². The predicted molar refractivity (Wildman–Crippen MR) is 332 cm³/mol. The molecule has 9 aromatic rings. The quantitative estimate of drug-likeness (QED) is 0.0332. The number of carbonyl (C=O) groups excluding carboxylic acids is 3. The molecule has 33 heteroatoms. The van der Waals surface area contributed by atoms with Gasteiger partial charge in [-0.2, -0.15) is 0 Å². The van der Waals surface area contributed by atoms with Crippen molar-refractivity contribution < 1.29 is 165 Å². The van der Waals surface area contributed by atoms with Crippen molar-refractivity contribution in [2.24, 2.45) is 0 Å². The Bertz CT molecular complexity index is 4860. The Labute approximate surface area is 562 Å². The fraction of sp³-hybridized carbons (Fsp3) is 0.162. The highest BCUT2D eigenvalue weighted by atomic mass is 16.6. The number of phenolic OH excluding ortho intramolecular Hbond substituents is 24. The highest BCUT2D eigenvalue weighted by molar-refractivity contribution is 5.93. The van der Waals surface area contributed by atoms with E-state index in [0.717, 1.165) is 48.5 Å². The van der Waals surface area contributed by atoms with E-state index in [0.29, 0.717) is 36.4 Å². The fourth-order valence-electron chi connectivity index (χ4n) is 12.2. The SMILES string of the molecule is O=C(OC1Cc2c(O)cc(O)c(Cc3c(O)c(Cc4c(O)cc5c(c4O)C[C@@H](OC(=O)c4cc(O)c(O)c(O)c4)[C@@H](c4cc(O)c(O)c(O)c4)O5)c4c(c3O)C[C@@H](OC(=O)c3cc(O)c(O)c(O)c3)[C@@H](c3cc(O)c(O)c(O)c3)O4)c2OC1c1cc(O)c(O)c(O)c1)c1cc(O)c(O)c(O)c1. The van der Waals surface area contributed by atoms with Gasteiger partial charge in [-0.3, -0.25) is 0 Å². The minimum absolute atomic E-state index is 0.211. The predicted octanol–water partition coefficient (Wildman–Crippen LogP) is 6.51. The van der Waals surface area contributed by atoms with E-state index in [9.17, 15) is 137 Å². The second-order valence-corrected chi connectivity index (χ2v) is 23.6. The molecule has 101 heavy (non-hydrogen) atoms. The number of carbonyl (C=O) groups is 3. The average Bonchev–Trinajstić information content (AvgIpc) is 0.737. The second-order valence-electron chi connectivity index (χ2n) is 23.6. The Morgan fingerprint density at radius 3 is 0.931 bits per heavy atom. The van der Waals surface area contributed by atoms with Gasteiger partial charge in [0.05, 0.1) is 16.7 Å². The maximum atomic E-state index is 14.1. The Hall–Kier alpha value is -14.0. The number of esters is 3. The number of ether oxygens (including phenoxy) is 6. The zero-order chi connectivity index (χ0) is 73.0. The molecule has 3 aliphatic heterocycles. The van der Waals surface area contributed by atoms with Crippen LogP contribution in [0.4, 0.5) is 0 Å². The first-order chi connectivity index (χ1) is 47.7. The number of hydrogen-bond acceptors (Lipinski definition) is 33. The van der Waals surface area contributed by atoms with E-state index in [1.165, 1.54) is 0 Å². The van der Waals surface area contributed by atoms with Crippen molar-refractivity contribution in [2.75, 3.05) is 0 Å². The standard InChI is InChI=1S/C68H54O33/c69-33-18-34(70)28-15-49(97-66(93)23-7-42(78)58(90)43(79)8-23)62(21-3-38(74)56(88)39(75)4-21)100-64(28)27(33)14-30-53(85)31(65-32(54(30)86)17-51(63(101-65)22-5-40(76)57(89)41(77)6-22)99-68(95)25-11-46(82)60(92)47(83)12-25)13-26-35(71)19-48-29(52(26)84)16-50(61(96-48)20-1-36(72)55(87)37(73)2-20)98-67(94)24-9-44(80)59(91)45(81)10-24/h1-12,18-19,49-51,61-63,69-92H,13-17H2/t49?,50-,51-,61-,62?,63-/m1/s1. The van der Waals surface area contributed by atoms with Gasteiger partial charge in [-0.15, -0.1) is 0 Å². The summed E-state index contributed by atoms with van der Waals surface area (Å²) in [4.78, 5) is 41.8. The van der Waals surface area contributed by atoms with Crippen LogP contribution in [0.15, 0.2) is 84.9 Å². The zero-order valence-electron chi connectivity index (χ0n) is 51.0. The van der Waals surface area contributed by atoms with Crippen LogP contribution in [0.1, 0.15) is 105 Å². The van der Waals surface area contributed by atoms with Gasteiger partial charge in [0, 0.05) is 99.9 Å². The van der Waals surface area contributed by atoms with Crippen molar-refractivity contribution in [3.8, 4) is 155 Å². The van der Waals surface area contributed by atoms with E-state index >= 15 is 0 Å². The van der Waals surface area contributed by atoms with Crippen LogP contribution in [0.25, 0.3) is 0 Å². The molecule has 0 fully saturated rings. The summed E-state index contributed by atoms with van der Waals surface area (Å²) in [5.41, 5.74) is -5.97. The van der Waals surface area contributed by atoms with Crippen LogP contribution in [0.5, 0.6) is 155 Å². The molecule has 6 atom stereocenters. The number of phenols is 24. The smallest absolute Gasteiger partial charge is 0.338 e. The molecule has 33 nitrogen and oxygen atoms in total. The summed E-state index contributed by atoms with van der Waals surface area (Å²) in [7, 11) is 0. The minimum Gasteiger partial charge on any atom is -0.507 e. The Morgan fingerprint density at radius 1 is 0.277 bits per heavy atom. The Balaban J connectivity index is 1.02. The molecule has 0 aliphatic carbocycles. The van der Waals surface area contributed by atoms with Crippen LogP contribution in [0, 0.1) is 0 Å². The summed E-state index contributed by atoms with van der Waals surface area (Å²) >= 11 is 0. The maximum Gasteiger partial charge on any atom is 0.338 e. The van der Waals surface area contributed by atoms with Gasteiger partial charge in [-0.05, 0) is 72.8 Å². The molecule has 3 heterocycles. The monoisotopic (exact) mass is 1400 g/mol. The lowest BCUT2D eigenvalue weighted by Gasteiger charge is -2.37. The van der Waals surface area contributed by atoms with Gasteiger partial charge in [0.1, 0.15) is 70.1 Å². The zero-order valence-corrected chi connectivity index (χ0v) is 51.0. The molecule has 12 rings (SSSR count). The molecule has 9 aromatic carbocycles. The van der Waals surface area contributed by atoms with E-state index in [1.54, 1.807) is 0 Å². The molecule has 0 saturated heterocycles. The highest BCUT2D eigenvalue weighted by Gasteiger charge is 2.45. The van der Waals surface area contributed by atoms with E-state index in [4.69, 9.17) is 28.4 Å². The van der Waals surface area contributed by atoms with Crippen molar-refractivity contribution in [3.63, 3.8) is 0 Å². The summed E-state index contributed by atoms with van der Waals surface area (Å²) < 4.78 is 36.6. The van der Waals surface area contributed by atoms with Gasteiger partial charge in [0.15, 0.2) is 122 Å². The third kappa shape index (κ3) is 11.9. The Morgan fingerprint density at radius 2 is 0.564 bits per heavy atom. The van der Waals surface area contributed by atoms with Gasteiger partial charge >= 0.3 is 17.9 Å². The van der Waals surface area contributed by atoms with Crippen LogP contribution in [0.3, 0.4) is 0 Å². The van der Waals surface area contributed by atoms with Gasteiger partial charge in [0.25, 0.3) is 0 Å². The molecule has 0 saturated carbocycles. The van der Waals surface area contributed by atoms with Gasteiger partial charge in [0.2, 0.25) is 0 Å². The number of rotatable bonds is 13. The van der Waals surface area contributed by atoms with Crippen LogP contribution in [0.2, 0.25) is 0 Å². The van der Waals surface area contributed by atoms with Crippen molar-refractivity contribution in [3.05, 3.63) is 157 Å². The average molecular weight is 1400 g/mol. The lowest BCUT2D eigenvalue weighted by Crippen LogP contribution is -2.35. The summed E-state index contributed by atoms with van der Waals surface area (Å²) in [5, 5.41) is 261. The normalized spacial score (nSPS) is 17.4. The van der Waals surface area contributed by atoms with Crippen molar-refractivity contribution in [1.82, 2.24) is 0 Å². The first kappa shape index (κ1) is 67.0. The lowest BCUT2D eigenvalue weighted by molar-refractivity contribution is -0.0195. The van der Waals surface area contributed by atoms with Gasteiger partial charge in [-0.25, -0.2) is 14.4 Å². The van der Waals surface area contributed by atoms with E-state index in [2.05, 4.69) is 0 Å². The second kappa shape index (κ2) is 24.9. The van der Waals surface area contributed by atoms with E-state index in [-0.39, 0.29) is 27.8 Å². The van der Waals surface area contributed by atoms with Crippen LogP contribution >= 0.6 is 0 Å². The molecule has 2 unspecified atom stereocenters. The number of hydrogen-bond donors (Lipinski definition) is 24. The summed E-state index contributed by atoms with van der Waals surface area (Å²) in [6, 6.07) is 11.1. The minimum atomic E-state index is -1.86. The molecular formula is C68H54O33. The van der Waals surface area contributed by atoms with Gasteiger partial charge in [-0.1, -0.05) is 0 Å². The molecule has 524 valence electrons. The van der Waals surface area contributed by atoms with Crippen molar-refractivity contribution >= 4 is 17.9 Å². The summed E-state index contributed by atoms with van der Waals surface area (Å²) in [6.07, 6.45) is -14.6. The summed E-state index contributed by atoms with van der Waals surface area (Å²) in [6.45, 7) is 0. The maximum absolute atomic E-state index is 14.1. The van der Waals surface area contributed by atoms with Gasteiger partial charge < -0.3 is 151 Å². The topological polar surface area (TPSA) is 592 Å². The summed E-state index contributed by atoms with van der Waals surface area (Å²) in [5.74, 6) is -28.9. The molecule has 0 bridgehead atoms. The Kier molecular flexibility index (Phi) is 16.5. The molecular weight excluding hydrogens is 1340 g/mol. The van der Waals surface area contributed by atoms with Crippen molar-refractivity contribution in [2.45, 2.75) is 68.7 Å². The van der Waals surface area contributed by atoms with Crippen molar-refractivity contribution in [1.29, 1.82) is 0 Å². The number of fused-ring (bicyclic) bond motifs is 3. The first-order valence-corrected chi connectivity index (χ1v) is 29.5. The van der Waals surface area contributed by atoms with Crippen LogP contribution in [-0.2, 0) is 46.3 Å². The highest BCUT2D eigenvalue weighted by Crippen LogP contribution is 2.57. The molecule has 0 spiro atoms. The molecule has 0 amide bonds. The van der Waals surface area contributed by atoms with E-state index < -0.39 is 286 Å². The third-order valence-corrected chi connectivity index (χ3v) is 17.2. The molecule has 24 N–H and O–H groups in total. The lowest BCUT2D eigenvalue weighted by atomic mass is 9.85.